The average Bonchev–Trinajstić information content (AvgIpc) is 3.28. The molecule has 1 aromatic carbocycles. The third-order valence-corrected chi connectivity index (χ3v) is 5.09. The molecule has 1 saturated carbocycles. The van der Waals surface area contributed by atoms with Crippen LogP contribution in [0.25, 0.3) is 0 Å². The zero-order valence-electron chi connectivity index (χ0n) is 15.5. The smallest absolute Gasteiger partial charge is 0.550 e. The van der Waals surface area contributed by atoms with Crippen molar-refractivity contribution in [1.29, 1.82) is 0 Å². The maximum Gasteiger partial charge on any atom is 1.00 e. The zero-order chi connectivity index (χ0) is 18.2. The molecular formula is C19H21N2NaO4. The first-order valence-electron chi connectivity index (χ1n) is 8.35. The summed E-state index contributed by atoms with van der Waals surface area (Å²) in [6, 6.07) is 9.04. The van der Waals surface area contributed by atoms with Crippen molar-refractivity contribution >= 4 is 11.9 Å². The van der Waals surface area contributed by atoms with Crippen molar-refractivity contribution < 1.29 is 48.8 Å². The molecule has 7 heteroatoms. The predicted molar refractivity (Wildman–Crippen MR) is 88.6 cm³/mol. The van der Waals surface area contributed by atoms with E-state index in [1.165, 1.54) is 0 Å². The van der Waals surface area contributed by atoms with Gasteiger partial charge in [-0.05, 0) is 25.8 Å². The summed E-state index contributed by atoms with van der Waals surface area (Å²) < 4.78 is 5.17. The van der Waals surface area contributed by atoms with Crippen LogP contribution in [-0.4, -0.2) is 23.6 Å². The maximum atomic E-state index is 12.8. The van der Waals surface area contributed by atoms with Crippen LogP contribution in [0, 0.1) is 19.8 Å². The fourth-order valence-corrected chi connectivity index (χ4v) is 3.68. The molecule has 0 radical (unpaired) electrons. The standard InChI is InChI=1S/C19H22N2O4.Na/c1-11(16-12(2)21-25-13(16)3)10-20-18(24)19(9-15(19)17(22)23)14-7-5-4-6-8-14;/h4-8,11,15H,9-10H2,1-3H3,(H,20,24)(H,22,23);/q;+1/p-1. The Hall–Kier alpha value is -1.63. The Morgan fingerprint density at radius 1 is 1.35 bits per heavy atom. The number of nitrogens with zero attached hydrogens (tertiary/aromatic N) is 1. The SMILES string of the molecule is Cc1noc(C)c1C(C)CNC(=O)C1(c2ccccc2)CC1C(=O)[O-].[Na+]. The summed E-state index contributed by atoms with van der Waals surface area (Å²) in [7, 11) is 0. The van der Waals surface area contributed by atoms with Crippen LogP contribution >= 0.6 is 0 Å². The molecule has 1 fully saturated rings. The molecule has 1 N–H and O–H groups in total. The molecule has 3 rings (SSSR count). The summed E-state index contributed by atoms with van der Waals surface area (Å²) in [6.07, 6.45) is 0.269. The zero-order valence-corrected chi connectivity index (χ0v) is 17.5. The summed E-state index contributed by atoms with van der Waals surface area (Å²) >= 11 is 0. The molecule has 1 aromatic heterocycles. The van der Waals surface area contributed by atoms with Crippen LogP contribution < -0.4 is 40.0 Å². The predicted octanol–water partition coefficient (Wildman–Crippen LogP) is -1.78. The van der Waals surface area contributed by atoms with E-state index in [-0.39, 0.29) is 47.8 Å². The fourth-order valence-electron chi connectivity index (χ4n) is 3.68. The fraction of sp³-hybridized carbons (Fsp3) is 0.421. The van der Waals surface area contributed by atoms with Crippen molar-refractivity contribution in [1.82, 2.24) is 10.5 Å². The number of rotatable bonds is 6. The second-order valence-corrected chi connectivity index (χ2v) is 6.76. The van der Waals surface area contributed by atoms with E-state index < -0.39 is 17.3 Å². The largest absolute Gasteiger partial charge is 1.00 e. The minimum Gasteiger partial charge on any atom is -0.550 e. The first kappa shape index (κ1) is 20.7. The Balaban J connectivity index is 0.00000243. The van der Waals surface area contributed by atoms with Gasteiger partial charge >= 0.3 is 29.6 Å². The molecule has 0 saturated heterocycles. The Labute approximate surface area is 174 Å². The third-order valence-electron chi connectivity index (χ3n) is 5.09. The van der Waals surface area contributed by atoms with Crippen molar-refractivity contribution in [2.75, 3.05) is 6.54 Å². The van der Waals surface area contributed by atoms with Crippen LogP contribution in [0.1, 0.15) is 41.8 Å². The summed E-state index contributed by atoms with van der Waals surface area (Å²) in [5.74, 6) is -1.49. The number of hydrogen-bond donors (Lipinski definition) is 1. The third kappa shape index (κ3) is 3.59. The number of aliphatic carboxylic acids is 1. The maximum absolute atomic E-state index is 12.8. The van der Waals surface area contributed by atoms with Crippen molar-refractivity contribution in [3.8, 4) is 0 Å². The molecule has 132 valence electrons. The van der Waals surface area contributed by atoms with E-state index >= 15 is 0 Å². The summed E-state index contributed by atoms with van der Waals surface area (Å²) in [4.78, 5) is 24.2. The number of carbonyl (C=O) groups excluding carboxylic acids is 2. The molecule has 6 nitrogen and oxygen atoms in total. The van der Waals surface area contributed by atoms with Crippen LogP contribution in [0.2, 0.25) is 0 Å². The molecule has 1 aliphatic carbocycles. The van der Waals surface area contributed by atoms with E-state index in [1.54, 1.807) is 12.1 Å². The molecule has 1 aliphatic rings. The molecule has 0 spiro atoms. The van der Waals surface area contributed by atoms with E-state index in [1.807, 2.05) is 39.0 Å². The van der Waals surface area contributed by atoms with Gasteiger partial charge in [-0.2, -0.15) is 0 Å². The molecular weight excluding hydrogens is 343 g/mol. The van der Waals surface area contributed by atoms with Gasteiger partial charge in [0.25, 0.3) is 0 Å². The number of benzene rings is 1. The Kier molecular flexibility index (Phi) is 6.32. The molecule has 1 heterocycles. The number of aromatic nitrogens is 1. The number of nitrogens with one attached hydrogen (secondary N) is 1. The van der Waals surface area contributed by atoms with Gasteiger partial charge in [-0.25, -0.2) is 0 Å². The number of hydrogen-bond acceptors (Lipinski definition) is 5. The van der Waals surface area contributed by atoms with Crippen molar-refractivity contribution in [2.45, 2.75) is 38.5 Å². The second-order valence-electron chi connectivity index (χ2n) is 6.76. The average molecular weight is 364 g/mol. The van der Waals surface area contributed by atoms with Crippen LogP contribution in [0.3, 0.4) is 0 Å². The van der Waals surface area contributed by atoms with Crippen molar-refractivity contribution in [3.63, 3.8) is 0 Å². The molecule has 0 aliphatic heterocycles. The van der Waals surface area contributed by atoms with Crippen LogP contribution in [0.4, 0.5) is 0 Å². The molecule has 1 amide bonds. The van der Waals surface area contributed by atoms with Gasteiger partial charge in [0, 0.05) is 29.9 Å². The number of carbonyl (C=O) groups is 2. The van der Waals surface area contributed by atoms with E-state index in [2.05, 4.69) is 10.5 Å². The Morgan fingerprint density at radius 3 is 2.50 bits per heavy atom. The van der Waals surface area contributed by atoms with Gasteiger partial charge in [0.15, 0.2) is 0 Å². The first-order valence-corrected chi connectivity index (χ1v) is 8.35. The van der Waals surface area contributed by atoms with Crippen LogP contribution in [-0.2, 0) is 15.0 Å². The quantitative estimate of drug-likeness (QED) is 0.612. The molecule has 3 unspecified atom stereocenters. The number of carboxylic acid groups (broad SMARTS) is 1. The van der Waals surface area contributed by atoms with E-state index in [0.29, 0.717) is 12.1 Å². The van der Waals surface area contributed by atoms with Crippen molar-refractivity contribution in [2.24, 2.45) is 5.92 Å². The second kappa shape index (κ2) is 7.94. The van der Waals surface area contributed by atoms with E-state index in [4.69, 9.17) is 4.52 Å². The van der Waals surface area contributed by atoms with Gasteiger partial charge in [0.2, 0.25) is 5.91 Å². The van der Waals surface area contributed by atoms with Crippen molar-refractivity contribution in [3.05, 3.63) is 52.9 Å². The van der Waals surface area contributed by atoms with Gasteiger partial charge in [0.05, 0.1) is 11.1 Å². The molecule has 0 bridgehead atoms. The first-order chi connectivity index (χ1) is 11.9. The van der Waals surface area contributed by atoms with Gasteiger partial charge in [-0.15, -0.1) is 0 Å². The van der Waals surface area contributed by atoms with Gasteiger partial charge < -0.3 is 19.7 Å². The van der Waals surface area contributed by atoms with Gasteiger partial charge in [0.1, 0.15) is 5.76 Å². The Morgan fingerprint density at radius 2 is 2.00 bits per heavy atom. The minimum absolute atomic E-state index is 0. The molecule has 3 atom stereocenters. The number of carboxylic acids is 1. The normalized spacial score (nSPS) is 22.2. The molecule has 26 heavy (non-hydrogen) atoms. The number of aryl methyl sites for hydroxylation is 2. The van der Waals surface area contributed by atoms with Crippen LogP contribution in [0.5, 0.6) is 0 Å². The summed E-state index contributed by atoms with van der Waals surface area (Å²) in [5.41, 5.74) is 1.46. The van der Waals surface area contributed by atoms with E-state index in [0.717, 1.165) is 17.0 Å². The van der Waals surface area contributed by atoms with E-state index in [9.17, 15) is 14.7 Å². The minimum atomic E-state index is -1.18. The monoisotopic (exact) mass is 364 g/mol. The van der Waals surface area contributed by atoms with Gasteiger partial charge in [-0.1, -0.05) is 42.4 Å². The van der Waals surface area contributed by atoms with Crippen LogP contribution in [0.15, 0.2) is 34.9 Å². The summed E-state index contributed by atoms with van der Waals surface area (Å²) in [6.45, 7) is 6.07. The topological polar surface area (TPSA) is 95.3 Å². The molecule has 2 aromatic rings. The summed E-state index contributed by atoms with van der Waals surface area (Å²) in [5, 5.41) is 18.2. The number of amides is 1. The Bertz CT molecular complexity index is 786. The van der Waals surface area contributed by atoms with Gasteiger partial charge in [-0.3, -0.25) is 4.79 Å².